The summed E-state index contributed by atoms with van der Waals surface area (Å²) in [6.07, 6.45) is 0. The van der Waals surface area contributed by atoms with E-state index in [1.165, 1.54) is 23.2 Å². The Bertz CT molecular complexity index is 457. The molecule has 4 nitrogen and oxygen atoms in total. The van der Waals surface area contributed by atoms with Crippen LogP contribution in [0, 0.1) is 0 Å². The van der Waals surface area contributed by atoms with Crippen LogP contribution in [0.15, 0.2) is 18.2 Å². The van der Waals surface area contributed by atoms with Crippen molar-refractivity contribution in [2.24, 2.45) is 0 Å². The molecule has 0 aromatic heterocycles. The van der Waals surface area contributed by atoms with E-state index < -0.39 is 0 Å². The SMILES string of the molecule is CCNCc1ccc2c(c1)CN(CCN1CCOCC1)C2. The van der Waals surface area contributed by atoms with Crippen LogP contribution in [-0.2, 0) is 24.4 Å². The molecule has 0 amide bonds. The van der Waals surface area contributed by atoms with Gasteiger partial charge in [-0.2, -0.15) is 0 Å². The number of rotatable bonds is 6. The number of benzene rings is 1. The smallest absolute Gasteiger partial charge is 0.0594 e. The van der Waals surface area contributed by atoms with E-state index >= 15 is 0 Å². The molecule has 4 heteroatoms. The topological polar surface area (TPSA) is 27.7 Å². The van der Waals surface area contributed by atoms with E-state index in [4.69, 9.17) is 4.74 Å². The number of nitrogens with one attached hydrogen (secondary N) is 1. The number of hydrogen-bond donors (Lipinski definition) is 1. The van der Waals surface area contributed by atoms with E-state index in [0.29, 0.717) is 0 Å². The van der Waals surface area contributed by atoms with E-state index in [2.05, 4.69) is 40.2 Å². The molecular formula is C17H27N3O. The molecule has 116 valence electrons. The van der Waals surface area contributed by atoms with Crippen molar-refractivity contribution >= 4 is 0 Å². The molecule has 0 bridgehead atoms. The van der Waals surface area contributed by atoms with Gasteiger partial charge in [-0.15, -0.1) is 0 Å². The van der Waals surface area contributed by atoms with Crippen molar-refractivity contribution in [2.75, 3.05) is 45.9 Å². The zero-order valence-corrected chi connectivity index (χ0v) is 13.1. The van der Waals surface area contributed by atoms with Gasteiger partial charge in [0, 0.05) is 45.8 Å². The number of fused-ring (bicyclic) bond motifs is 1. The maximum absolute atomic E-state index is 5.41. The monoisotopic (exact) mass is 289 g/mol. The van der Waals surface area contributed by atoms with Crippen LogP contribution in [0.25, 0.3) is 0 Å². The highest BCUT2D eigenvalue weighted by atomic mass is 16.5. The van der Waals surface area contributed by atoms with Gasteiger partial charge in [-0.05, 0) is 23.2 Å². The van der Waals surface area contributed by atoms with Gasteiger partial charge in [0.05, 0.1) is 13.2 Å². The summed E-state index contributed by atoms with van der Waals surface area (Å²) < 4.78 is 5.41. The highest BCUT2D eigenvalue weighted by molar-refractivity contribution is 5.34. The van der Waals surface area contributed by atoms with Crippen molar-refractivity contribution in [3.8, 4) is 0 Å². The van der Waals surface area contributed by atoms with Crippen LogP contribution < -0.4 is 5.32 Å². The van der Waals surface area contributed by atoms with Crippen molar-refractivity contribution in [3.63, 3.8) is 0 Å². The Hall–Kier alpha value is -0.940. The summed E-state index contributed by atoms with van der Waals surface area (Å²) >= 11 is 0. The Morgan fingerprint density at radius 3 is 2.62 bits per heavy atom. The molecule has 0 radical (unpaired) electrons. The molecule has 0 saturated carbocycles. The normalized spacial score (nSPS) is 19.9. The number of ether oxygens (including phenoxy) is 1. The lowest BCUT2D eigenvalue weighted by molar-refractivity contribution is 0.0331. The molecule has 0 aliphatic carbocycles. The molecule has 2 aliphatic rings. The van der Waals surface area contributed by atoms with Crippen molar-refractivity contribution in [3.05, 3.63) is 34.9 Å². The van der Waals surface area contributed by atoms with Gasteiger partial charge in [-0.3, -0.25) is 9.80 Å². The minimum atomic E-state index is 0.897. The Balaban J connectivity index is 1.49. The molecule has 1 aromatic rings. The van der Waals surface area contributed by atoms with Crippen molar-refractivity contribution < 1.29 is 4.74 Å². The summed E-state index contributed by atoms with van der Waals surface area (Å²) in [5.41, 5.74) is 4.44. The maximum Gasteiger partial charge on any atom is 0.0594 e. The van der Waals surface area contributed by atoms with Gasteiger partial charge in [0.1, 0.15) is 0 Å². The first kappa shape index (κ1) is 15.0. The van der Waals surface area contributed by atoms with E-state index in [-0.39, 0.29) is 0 Å². The number of hydrogen-bond acceptors (Lipinski definition) is 4. The molecule has 21 heavy (non-hydrogen) atoms. The summed E-state index contributed by atoms with van der Waals surface area (Å²) in [6.45, 7) is 12.7. The lowest BCUT2D eigenvalue weighted by Crippen LogP contribution is -2.40. The molecular weight excluding hydrogens is 262 g/mol. The fraction of sp³-hybridized carbons (Fsp3) is 0.647. The predicted molar refractivity (Wildman–Crippen MR) is 85.2 cm³/mol. The van der Waals surface area contributed by atoms with Crippen molar-refractivity contribution in [2.45, 2.75) is 26.6 Å². The van der Waals surface area contributed by atoms with Crippen LogP contribution in [0.1, 0.15) is 23.6 Å². The van der Waals surface area contributed by atoms with Gasteiger partial charge in [0.2, 0.25) is 0 Å². The first-order chi connectivity index (χ1) is 10.3. The summed E-state index contributed by atoms with van der Waals surface area (Å²) in [4.78, 5) is 5.08. The molecule has 1 saturated heterocycles. The second kappa shape index (κ2) is 7.36. The zero-order valence-electron chi connectivity index (χ0n) is 13.1. The Labute approximate surface area is 128 Å². The molecule has 1 N–H and O–H groups in total. The lowest BCUT2D eigenvalue weighted by Gasteiger charge is -2.28. The third-order valence-corrected chi connectivity index (χ3v) is 4.47. The van der Waals surface area contributed by atoms with Crippen LogP contribution in [0.5, 0.6) is 0 Å². The van der Waals surface area contributed by atoms with Crippen molar-refractivity contribution in [1.29, 1.82) is 0 Å². The molecule has 3 rings (SSSR count). The molecule has 0 atom stereocenters. The minimum Gasteiger partial charge on any atom is -0.379 e. The summed E-state index contributed by atoms with van der Waals surface area (Å²) in [6, 6.07) is 6.97. The zero-order chi connectivity index (χ0) is 14.5. The van der Waals surface area contributed by atoms with Crippen LogP contribution >= 0.6 is 0 Å². The quantitative estimate of drug-likeness (QED) is 0.858. The van der Waals surface area contributed by atoms with E-state index in [9.17, 15) is 0 Å². The maximum atomic E-state index is 5.41. The fourth-order valence-corrected chi connectivity index (χ4v) is 3.16. The minimum absolute atomic E-state index is 0.897. The highest BCUT2D eigenvalue weighted by Crippen LogP contribution is 2.23. The predicted octanol–water partition coefficient (Wildman–Crippen LogP) is 1.44. The molecule has 1 fully saturated rings. The summed E-state index contributed by atoms with van der Waals surface area (Å²) in [5, 5.41) is 3.40. The standard InChI is InChI=1S/C17H27N3O/c1-2-18-12-15-3-4-16-13-20(14-17(16)11-15)6-5-19-7-9-21-10-8-19/h3-4,11,18H,2,5-10,12-14H2,1H3. The molecule has 0 unspecified atom stereocenters. The average Bonchev–Trinajstić information content (AvgIpc) is 2.94. The van der Waals surface area contributed by atoms with Gasteiger partial charge < -0.3 is 10.1 Å². The third kappa shape index (κ3) is 4.04. The summed E-state index contributed by atoms with van der Waals surface area (Å²) in [5.74, 6) is 0. The van der Waals surface area contributed by atoms with Crippen LogP contribution in [0.3, 0.4) is 0 Å². The van der Waals surface area contributed by atoms with Crippen LogP contribution in [-0.4, -0.2) is 55.7 Å². The Morgan fingerprint density at radius 1 is 1.05 bits per heavy atom. The largest absolute Gasteiger partial charge is 0.379 e. The average molecular weight is 289 g/mol. The lowest BCUT2D eigenvalue weighted by atomic mass is 10.1. The van der Waals surface area contributed by atoms with E-state index in [1.54, 1.807) is 0 Å². The number of morpholine rings is 1. The van der Waals surface area contributed by atoms with Gasteiger partial charge in [0.25, 0.3) is 0 Å². The van der Waals surface area contributed by atoms with Crippen molar-refractivity contribution in [1.82, 2.24) is 15.1 Å². The number of nitrogens with zero attached hydrogens (tertiary/aromatic N) is 2. The second-order valence-electron chi connectivity index (χ2n) is 6.05. The molecule has 2 aliphatic heterocycles. The Morgan fingerprint density at radius 2 is 1.81 bits per heavy atom. The highest BCUT2D eigenvalue weighted by Gasteiger charge is 2.20. The van der Waals surface area contributed by atoms with Gasteiger partial charge in [-0.1, -0.05) is 25.1 Å². The molecule has 0 spiro atoms. The second-order valence-corrected chi connectivity index (χ2v) is 6.05. The van der Waals surface area contributed by atoms with Crippen LogP contribution in [0.2, 0.25) is 0 Å². The van der Waals surface area contributed by atoms with E-state index in [1.807, 2.05) is 0 Å². The third-order valence-electron chi connectivity index (χ3n) is 4.47. The first-order valence-electron chi connectivity index (χ1n) is 8.19. The first-order valence-corrected chi connectivity index (χ1v) is 8.19. The summed E-state index contributed by atoms with van der Waals surface area (Å²) in [7, 11) is 0. The fourth-order valence-electron chi connectivity index (χ4n) is 3.16. The van der Waals surface area contributed by atoms with Gasteiger partial charge in [0.15, 0.2) is 0 Å². The Kier molecular flexibility index (Phi) is 5.25. The van der Waals surface area contributed by atoms with Crippen LogP contribution in [0.4, 0.5) is 0 Å². The molecule has 2 heterocycles. The van der Waals surface area contributed by atoms with E-state index in [0.717, 1.165) is 59.0 Å². The molecule has 1 aromatic carbocycles. The van der Waals surface area contributed by atoms with Gasteiger partial charge in [-0.25, -0.2) is 0 Å². The van der Waals surface area contributed by atoms with Gasteiger partial charge >= 0.3 is 0 Å².